The van der Waals surface area contributed by atoms with Crippen LogP contribution in [0.15, 0.2) is 48.5 Å². The van der Waals surface area contributed by atoms with Gasteiger partial charge in [-0.3, -0.25) is 4.79 Å². The normalized spacial score (nSPS) is 16.2. The largest absolute Gasteiger partial charge is 0.372 e. The number of hydrogen-bond donors (Lipinski definition) is 1. The summed E-state index contributed by atoms with van der Waals surface area (Å²) in [5.41, 5.74) is 3.35. The van der Waals surface area contributed by atoms with Crippen molar-refractivity contribution in [2.45, 2.75) is 45.6 Å². The van der Waals surface area contributed by atoms with E-state index < -0.39 is 0 Å². The molecule has 0 aromatic heterocycles. The molecular formula is C23H29FN2O. The second kappa shape index (κ2) is 9.03. The molecule has 1 atom stereocenters. The molecule has 1 fully saturated rings. The van der Waals surface area contributed by atoms with Crippen molar-refractivity contribution in [2.24, 2.45) is 5.92 Å². The molecule has 2 aromatic carbocycles. The molecule has 3 rings (SSSR count). The third-order valence-corrected chi connectivity index (χ3v) is 5.47. The summed E-state index contributed by atoms with van der Waals surface area (Å²) in [6.07, 6.45) is 3.52. The second-order valence-electron chi connectivity index (χ2n) is 7.68. The van der Waals surface area contributed by atoms with Gasteiger partial charge in [0.05, 0.1) is 6.04 Å². The SMILES string of the molecule is CC1CCN(c2ccc([C@H](C)NC(=O)CCc3ccc(F)cc3)cc2)CC1. The maximum Gasteiger partial charge on any atom is 0.220 e. The molecule has 4 heteroatoms. The molecule has 0 aliphatic carbocycles. The number of anilines is 1. The molecule has 3 nitrogen and oxygen atoms in total. The van der Waals surface area contributed by atoms with Gasteiger partial charge in [-0.1, -0.05) is 31.2 Å². The van der Waals surface area contributed by atoms with Gasteiger partial charge in [-0.2, -0.15) is 0 Å². The third-order valence-electron chi connectivity index (χ3n) is 5.47. The number of carbonyl (C=O) groups excluding carboxylic acids is 1. The minimum Gasteiger partial charge on any atom is -0.372 e. The van der Waals surface area contributed by atoms with Crippen LogP contribution in [-0.4, -0.2) is 19.0 Å². The Morgan fingerprint density at radius 2 is 1.74 bits per heavy atom. The minimum absolute atomic E-state index is 0.0147. The molecule has 2 aromatic rings. The number of aryl methyl sites for hydroxylation is 1. The number of nitrogens with one attached hydrogen (secondary N) is 1. The molecule has 1 heterocycles. The first kappa shape index (κ1) is 19.4. The Morgan fingerprint density at radius 3 is 2.37 bits per heavy atom. The summed E-state index contributed by atoms with van der Waals surface area (Å²) >= 11 is 0. The molecule has 1 aliphatic heterocycles. The zero-order chi connectivity index (χ0) is 19.2. The Kier molecular flexibility index (Phi) is 6.49. The van der Waals surface area contributed by atoms with Gasteiger partial charge in [-0.15, -0.1) is 0 Å². The first-order valence-electron chi connectivity index (χ1n) is 9.90. The summed E-state index contributed by atoms with van der Waals surface area (Å²) < 4.78 is 12.9. The number of amides is 1. The predicted molar refractivity (Wildman–Crippen MR) is 108 cm³/mol. The Morgan fingerprint density at radius 1 is 1.11 bits per heavy atom. The fraction of sp³-hybridized carbons (Fsp3) is 0.435. The zero-order valence-corrected chi connectivity index (χ0v) is 16.2. The number of piperidine rings is 1. The summed E-state index contributed by atoms with van der Waals surface area (Å²) in [5.74, 6) is 0.589. The lowest BCUT2D eigenvalue weighted by Crippen LogP contribution is -2.32. The summed E-state index contributed by atoms with van der Waals surface area (Å²) in [6.45, 7) is 6.57. The number of nitrogens with zero attached hydrogens (tertiary/aromatic N) is 1. The molecule has 0 bridgehead atoms. The van der Waals surface area contributed by atoms with Gasteiger partial charge in [0.25, 0.3) is 0 Å². The van der Waals surface area contributed by atoms with Crippen molar-refractivity contribution in [2.75, 3.05) is 18.0 Å². The van der Waals surface area contributed by atoms with Crippen molar-refractivity contribution in [3.63, 3.8) is 0 Å². The number of halogens is 1. The standard InChI is InChI=1S/C23H29FN2O/c1-17-13-15-26(16-14-17)22-10-6-20(7-11-22)18(2)25-23(27)12-5-19-3-8-21(24)9-4-19/h3-4,6-11,17-18H,5,12-16H2,1-2H3,(H,25,27)/t18-/m0/s1. The monoisotopic (exact) mass is 368 g/mol. The van der Waals surface area contributed by atoms with Crippen LogP contribution in [0.25, 0.3) is 0 Å². The Bertz CT molecular complexity index is 734. The van der Waals surface area contributed by atoms with Crippen LogP contribution < -0.4 is 10.2 Å². The fourth-order valence-electron chi connectivity index (χ4n) is 3.55. The highest BCUT2D eigenvalue weighted by Gasteiger charge is 2.16. The second-order valence-corrected chi connectivity index (χ2v) is 7.68. The number of carbonyl (C=O) groups is 1. The van der Waals surface area contributed by atoms with Crippen LogP contribution in [0.4, 0.5) is 10.1 Å². The van der Waals surface area contributed by atoms with Crippen molar-refractivity contribution in [3.05, 3.63) is 65.5 Å². The van der Waals surface area contributed by atoms with Crippen LogP contribution in [0.1, 0.15) is 50.3 Å². The van der Waals surface area contributed by atoms with Gasteiger partial charge in [0.1, 0.15) is 5.82 Å². The molecular weight excluding hydrogens is 339 g/mol. The van der Waals surface area contributed by atoms with Gasteiger partial charge in [0, 0.05) is 25.2 Å². The molecule has 0 radical (unpaired) electrons. The van der Waals surface area contributed by atoms with E-state index in [1.807, 2.05) is 6.92 Å². The third kappa shape index (κ3) is 5.56. The van der Waals surface area contributed by atoms with Crippen LogP contribution in [0, 0.1) is 11.7 Å². The van der Waals surface area contributed by atoms with Crippen LogP contribution in [0.3, 0.4) is 0 Å². The first-order valence-corrected chi connectivity index (χ1v) is 9.90. The van der Waals surface area contributed by atoms with Crippen molar-refractivity contribution >= 4 is 11.6 Å². The van der Waals surface area contributed by atoms with E-state index in [9.17, 15) is 9.18 Å². The van der Waals surface area contributed by atoms with Gasteiger partial charge >= 0.3 is 0 Å². The smallest absolute Gasteiger partial charge is 0.220 e. The summed E-state index contributed by atoms with van der Waals surface area (Å²) in [6, 6.07) is 14.8. The first-order chi connectivity index (χ1) is 13.0. The molecule has 1 N–H and O–H groups in total. The summed E-state index contributed by atoms with van der Waals surface area (Å²) in [4.78, 5) is 14.7. The van der Waals surface area contributed by atoms with Gasteiger partial charge in [-0.05, 0) is 67.5 Å². The number of rotatable bonds is 6. The van der Waals surface area contributed by atoms with Gasteiger partial charge in [0.15, 0.2) is 0 Å². The Labute approximate surface area is 161 Å². The van der Waals surface area contributed by atoms with E-state index in [1.165, 1.54) is 30.7 Å². The molecule has 0 spiro atoms. The van der Waals surface area contributed by atoms with Crippen molar-refractivity contribution in [1.82, 2.24) is 5.32 Å². The van der Waals surface area contributed by atoms with Crippen molar-refractivity contribution < 1.29 is 9.18 Å². The van der Waals surface area contributed by atoms with Crippen LogP contribution in [0.5, 0.6) is 0 Å². The number of benzene rings is 2. The highest BCUT2D eigenvalue weighted by atomic mass is 19.1. The van der Waals surface area contributed by atoms with Gasteiger partial charge in [-0.25, -0.2) is 4.39 Å². The predicted octanol–water partition coefficient (Wildman–Crippen LogP) is 4.87. The van der Waals surface area contributed by atoms with Crippen molar-refractivity contribution in [1.29, 1.82) is 0 Å². The zero-order valence-electron chi connectivity index (χ0n) is 16.2. The molecule has 0 unspecified atom stereocenters. The average Bonchev–Trinajstić information content (AvgIpc) is 2.68. The maximum atomic E-state index is 12.9. The number of hydrogen-bond acceptors (Lipinski definition) is 2. The van der Waals surface area contributed by atoms with E-state index in [0.717, 1.165) is 30.1 Å². The molecule has 1 aliphatic rings. The molecule has 144 valence electrons. The fourth-order valence-corrected chi connectivity index (χ4v) is 3.55. The van der Waals surface area contributed by atoms with E-state index >= 15 is 0 Å². The summed E-state index contributed by atoms with van der Waals surface area (Å²) in [7, 11) is 0. The van der Waals surface area contributed by atoms with Crippen LogP contribution in [-0.2, 0) is 11.2 Å². The Hall–Kier alpha value is -2.36. The van der Waals surface area contributed by atoms with E-state index in [2.05, 4.69) is 41.4 Å². The maximum absolute atomic E-state index is 12.9. The lowest BCUT2D eigenvalue weighted by atomic mass is 9.98. The van der Waals surface area contributed by atoms with E-state index in [1.54, 1.807) is 12.1 Å². The highest BCUT2D eigenvalue weighted by Crippen LogP contribution is 2.24. The lowest BCUT2D eigenvalue weighted by molar-refractivity contribution is -0.121. The van der Waals surface area contributed by atoms with E-state index in [-0.39, 0.29) is 17.8 Å². The Balaban J connectivity index is 1.49. The van der Waals surface area contributed by atoms with Crippen LogP contribution >= 0.6 is 0 Å². The minimum atomic E-state index is -0.251. The topological polar surface area (TPSA) is 32.3 Å². The highest BCUT2D eigenvalue weighted by molar-refractivity contribution is 5.76. The van der Waals surface area contributed by atoms with E-state index in [0.29, 0.717) is 12.8 Å². The molecule has 1 amide bonds. The quantitative estimate of drug-likeness (QED) is 0.789. The lowest BCUT2D eigenvalue weighted by Gasteiger charge is -2.32. The van der Waals surface area contributed by atoms with Crippen molar-refractivity contribution in [3.8, 4) is 0 Å². The molecule has 0 saturated carbocycles. The average molecular weight is 368 g/mol. The van der Waals surface area contributed by atoms with Gasteiger partial charge < -0.3 is 10.2 Å². The molecule has 27 heavy (non-hydrogen) atoms. The van der Waals surface area contributed by atoms with E-state index in [4.69, 9.17) is 0 Å². The van der Waals surface area contributed by atoms with Crippen LogP contribution in [0.2, 0.25) is 0 Å². The summed E-state index contributed by atoms with van der Waals surface area (Å²) in [5, 5.41) is 3.06. The van der Waals surface area contributed by atoms with Gasteiger partial charge in [0.2, 0.25) is 5.91 Å². The molecule has 1 saturated heterocycles.